The standard InChI is InChI=1S/C8H12O2/c9-6-1-2-7-3-4-8(5-6)10-7/h7-8H,1-5H2. The maximum Gasteiger partial charge on any atom is 0.135 e. The average molecular weight is 140 g/mol. The summed E-state index contributed by atoms with van der Waals surface area (Å²) in [6.07, 6.45) is 5.37. The molecule has 0 aromatic rings. The van der Waals surface area contributed by atoms with Gasteiger partial charge in [-0.15, -0.1) is 0 Å². The summed E-state index contributed by atoms with van der Waals surface area (Å²) >= 11 is 0. The lowest BCUT2D eigenvalue weighted by atomic mass is 10.0. The quantitative estimate of drug-likeness (QED) is 0.506. The van der Waals surface area contributed by atoms with Crippen molar-refractivity contribution < 1.29 is 9.53 Å². The lowest BCUT2D eigenvalue weighted by Gasteiger charge is -2.05. The SMILES string of the molecule is O=C1CCC2CCC(C1)O2. The average Bonchev–Trinajstić information content (AvgIpc) is 2.22. The highest BCUT2D eigenvalue weighted by atomic mass is 16.5. The van der Waals surface area contributed by atoms with Crippen LogP contribution in [-0.4, -0.2) is 18.0 Å². The Labute approximate surface area is 60.6 Å². The number of carbonyl (C=O) groups excluding carboxylic acids is 1. The number of ether oxygens (including phenoxy) is 1. The monoisotopic (exact) mass is 140 g/mol. The molecule has 0 radical (unpaired) electrons. The van der Waals surface area contributed by atoms with E-state index in [0.717, 1.165) is 19.3 Å². The molecule has 0 amide bonds. The second kappa shape index (κ2) is 2.35. The number of rotatable bonds is 0. The lowest BCUT2D eigenvalue weighted by molar-refractivity contribution is -0.119. The fourth-order valence-corrected chi connectivity index (χ4v) is 1.82. The topological polar surface area (TPSA) is 26.3 Å². The first-order chi connectivity index (χ1) is 4.84. The van der Waals surface area contributed by atoms with Gasteiger partial charge in [-0.25, -0.2) is 0 Å². The van der Waals surface area contributed by atoms with Gasteiger partial charge in [-0.3, -0.25) is 4.79 Å². The molecular weight excluding hydrogens is 128 g/mol. The van der Waals surface area contributed by atoms with E-state index in [4.69, 9.17) is 4.74 Å². The Bertz CT molecular complexity index is 153. The van der Waals surface area contributed by atoms with Crippen LogP contribution in [0.15, 0.2) is 0 Å². The van der Waals surface area contributed by atoms with Gasteiger partial charge in [0, 0.05) is 12.8 Å². The number of carbonyl (C=O) groups is 1. The third-order valence-corrected chi connectivity index (χ3v) is 2.40. The first-order valence-corrected chi connectivity index (χ1v) is 4.02. The zero-order chi connectivity index (χ0) is 6.97. The molecule has 2 heterocycles. The smallest absolute Gasteiger partial charge is 0.135 e. The van der Waals surface area contributed by atoms with Gasteiger partial charge in [0.25, 0.3) is 0 Å². The van der Waals surface area contributed by atoms with Crippen LogP contribution in [0, 0.1) is 0 Å². The van der Waals surface area contributed by atoms with Crippen LogP contribution < -0.4 is 0 Å². The predicted molar refractivity (Wildman–Crippen MR) is 36.8 cm³/mol. The highest BCUT2D eigenvalue weighted by Gasteiger charge is 2.30. The molecule has 2 fully saturated rings. The number of fused-ring (bicyclic) bond motifs is 2. The van der Waals surface area contributed by atoms with Crippen LogP contribution in [0.5, 0.6) is 0 Å². The number of ketones is 1. The summed E-state index contributed by atoms with van der Waals surface area (Å²) < 4.78 is 5.57. The predicted octanol–water partition coefficient (Wildman–Crippen LogP) is 1.29. The molecule has 2 nitrogen and oxygen atoms in total. The van der Waals surface area contributed by atoms with Crippen LogP contribution in [0.25, 0.3) is 0 Å². The van der Waals surface area contributed by atoms with Crippen LogP contribution in [0.2, 0.25) is 0 Å². The molecule has 2 unspecified atom stereocenters. The third kappa shape index (κ3) is 1.08. The van der Waals surface area contributed by atoms with Gasteiger partial charge in [0.05, 0.1) is 12.2 Å². The molecule has 0 spiro atoms. The maximum absolute atomic E-state index is 11.0. The van der Waals surface area contributed by atoms with Gasteiger partial charge in [0.15, 0.2) is 0 Å². The molecule has 0 aliphatic carbocycles. The molecule has 2 saturated heterocycles. The minimum atomic E-state index is 0.278. The Morgan fingerprint density at radius 1 is 1.20 bits per heavy atom. The number of hydrogen-bond donors (Lipinski definition) is 0. The first-order valence-electron chi connectivity index (χ1n) is 4.02. The van der Waals surface area contributed by atoms with E-state index in [1.54, 1.807) is 0 Å². The number of Topliss-reactive ketones (excluding diaryl/α,β-unsaturated/α-hetero) is 1. The molecular formula is C8H12O2. The summed E-state index contributed by atoms with van der Waals surface area (Å²) in [7, 11) is 0. The molecule has 2 rings (SSSR count). The van der Waals surface area contributed by atoms with E-state index in [2.05, 4.69) is 0 Å². The van der Waals surface area contributed by atoms with E-state index in [-0.39, 0.29) is 6.10 Å². The summed E-state index contributed by atoms with van der Waals surface area (Å²) in [6, 6.07) is 0. The van der Waals surface area contributed by atoms with Crippen LogP contribution in [0.4, 0.5) is 0 Å². The van der Waals surface area contributed by atoms with E-state index in [1.807, 2.05) is 0 Å². The molecule has 0 N–H and O–H groups in total. The van der Waals surface area contributed by atoms with E-state index in [1.165, 1.54) is 6.42 Å². The minimum absolute atomic E-state index is 0.278. The van der Waals surface area contributed by atoms with E-state index < -0.39 is 0 Å². The zero-order valence-corrected chi connectivity index (χ0v) is 6.01. The summed E-state index contributed by atoms with van der Waals surface area (Å²) in [5.41, 5.74) is 0. The van der Waals surface area contributed by atoms with Crippen molar-refractivity contribution in [2.24, 2.45) is 0 Å². The zero-order valence-electron chi connectivity index (χ0n) is 6.01. The summed E-state index contributed by atoms with van der Waals surface area (Å²) in [5.74, 6) is 0.396. The molecule has 0 saturated carbocycles. The van der Waals surface area contributed by atoms with E-state index in [0.29, 0.717) is 18.3 Å². The molecule has 56 valence electrons. The normalized spacial score (nSPS) is 39.8. The fourth-order valence-electron chi connectivity index (χ4n) is 1.82. The van der Waals surface area contributed by atoms with Crippen molar-refractivity contribution in [1.82, 2.24) is 0 Å². The molecule has 2 bridgehead atoms. The highest BCUT2D eigenvalue weighted by Crippen LogP contribution is 2.29. The number of hydrogen-bond acceptors (Lipinski definition) is 2. The molecule has 2 aliphatic heterocycles. The third-order valence-electron chi connectivity index (χ3n) is 2.40. The minimum Gasteiger partial charge on any atom is -0.375 e. The van der Waals surface area contributed by atoms with Crippen molar-refractivity contribution in [3.63, 3.8) is 0 Å². The van der Waals surface area contributed by atoms with Crippen molar-refractivity contribution in [3.05, 3.63) is 0 Å². The van der Waals surface area contributed by atoms with Crippen LogP contribution in [-0.2, 0) is 9.53 Å². The van der Waals surface area contributed by atoms with E-state index >= 15 is 0 Å². The van der Waals surface area contributed by atoms with Crippen LogP contribution >= 0.6 is 0 Å². The lowest BCUT2D eigenvalue weighted by Crippen LogP contribution is -2.09. The van der Waals surface area contributed by atoms with Gasteiger partial charge in [-0.05, 0) is 19.3 Å². The largest absolute Gasteiger partial charge is 0.375 e. The van der Waals surface area contributed by atoms with E-state index in [9.17, 15) is 4.79 Å². The van der Waals surface area contributed by atoms with Crippen molar-refractivity contribution in [1.29, 1.82) is 0 Å². The van der Waals surface area contributed by atoms with Gasteiger partial charge in [0.2, 0.25) is 0 Å². The van der Waals surface area contributed by atoms with Crippen molar-refractivity contribution in [2.75, 3.05) is 0 Å². The fraction of sp³-hybridized carbons (Fsp3) is 0.875. The highest BCUT2D eigenvalue weighted by molar-refractivity contribution is 5.79. The van der Waals surface area contributed by atoms with Gasteiger partial charge >= 0.3 is 0 Å². The second-order valence-electron chi connectivity index (χ2n) is 3.24. The Hall–Kier alpha value is -0.370. The second-order valence-corrected chi connectivity index (χ2v) is 3.24. The summed E-state index contributed by atoms with van der Waals surface area (Å²) in [4.78, 5) is 11.0. The summed E-state index contributed by atoms with van der Waals surface area (Å²) in [6.45, 7) is 0. The molecule has 2 heteroatoms. The van der Waals surface area contributed by atoms with Crippen LogP contribution in [0.1, 0.15) is 32.1 Å². The molecule has 0 aromatic heterocycles. The van der Waals surface area contributed by atoms with Crippen molar-refractivity contribution in [2.45, 2.75) is 44.3 Å². The van der Waals surface area contributed by atoms with Crippen molar-refractivity contribution in [3.8, 4) is 0 Å². The Kier molecular flexibility index (Phi) is 1.49. The van der Waals surface area contributed by atoms with Crippen LogP contribution in [0.3, 0.4) is 0 Å². The maximum atomic E-state index is 11.0. The molecule has 2 atom stereocenters. The first kappa shape index (κ1) is 6.35. The van der Waals surface area contributed by atoms with Gasteiger partial charge in [-0.1, -0.05) is 0 Å². The molecule has 2 aliphatic rings. The Morgan fingerprint density at radius 2 is 2.00 bits per heavy atom. The van der Waals surface area contributed by atoms with Crippen molar-refractivity contribution >= 4 is 5.78 Å². The Morgan fingerprint density at radius 3 is 2.90 bits per heavy atom. The molecule has 10 heavy (non-hydrogen) atoms. The van der Waals surface area contributed by atoms with Gasteiger partial charge < -0.3 is 4.74 Å². The Balaban J connectivity index is 2.05. The van der Waals surface area contributed by atoms with Gasteiger partial charge in [-0.2, -0.15) is 0 Å². The summed E-state index contributed by atoms with van der Waals surface area (Å²) in [5, 5.41) is 0. The van der Waals surface area contributed by atoms with Gasteiger partial charge in [0.1, 0.15) is 5.78 Å². The molecule has 0 aromatic carbocycles.